The number of rotatable bonds is 0. The second-order valence-corrected chi connectivity index (χ2v) is 2.05. The summed E-state index contributed by atoms with van der Waals surface area (Å²) in [4.78, 5) is 8.14. The molecule has 2 heterocycles. The zero-order valence-corrected chi connectivity index (χ0v) is 5.94. The van der Waals surface area contributed by atoms with Gasteiger partial charge in [-0.3, -0.25) is 0 Å². The summed E-state index contributed by atoms with van der Waals surface area (Å²) in [7, 11) is 0. The van der Waals surface area contributed by atoms with Gasteiger partial charge in [0.05, 0.1) is 0 Å². The van der Waals surface area contributed by atoms with Gasteiger partial charge >= 0.3 is 0 Å². The van der Waals surface area contributed by atoms with Crippen molar-refractivity contribution in [2.75, 3.05) is 0 Å². The Balaban J connectivity index is 0.000000605. The molecule has 0 N–H and O–H groups in total. The van der Waals surface area contributed by atoms with Crippen LogP contribution in [0.1, 0.15) is 0 Å². The molecule has 0 aliphatic heterocycles. The fourth-order valence-electron chi connectivity index (χ4n) is 0.908. The van der Waals surface area contributed by atoms with E-state index in [1.165, 1.54) is 0 Å². The Kier molecular flexibility index (Phi) is 2.21. The van der Waals surface area contributed by atoms with Crippen molar-refractivity contribution in [2.45, 2.75) is 0 Å². The quantitative estimate of drug-likeness (QED) is 0.516. The molecule has 2 nitrogen and oxygen atoms in total. The monoisotopic (exact) mass is 141 g/mol. The molecule has 0 fully saturated rings. The summed E-state index contributed by atoms with van der Waals surface area (Å²) >= 11 is 0. The van der Waals surface area contributed by atoms with Gasteiger partial charge in [0.25, 0.3) is 0 Å². The number of fused-ring (bicyclic) bond motifs is 1. The maximum Gasteiger partial charge on any atom is 0.159 e. The van der Waals surface area contributed by atoms with Crippen LogP contribution in [-0.2, 0) is 0 Å². The van der Waals surface area contributed by atoms with Crippen molar-refractivity contribution in [3.05, 3.63) is 36.7 Å². The van der Waals surface area contributed by atoms with E-state index in [2.05, 4.69) is 9.97 Å². The summed E-state index contributed by atoms with van der Waals surface area (Å²) in [5.74, 6) is 0. The molecule has 0 spiro atoms. The molecule has 51 valence electrons. The molecular weight excluding hydrogens is 135 g/mol. The normalized spacial score (nSPS) is 9.09. The minimum absolute atomic E-state index is 0. The first-order valence-corrected chi connectivity index (χ1v) is 3.12. The van der Waals surface area contributed by atoms with Crippen LogP contribution in [0.2, 0.25) is 0 Å². The molecule has 2 aromatic heterocycles. The molecular formula is C8H6BN2. The molecule has 2 rings (SSSR count). The molecule has 2 aromatic rings. The second-order valence-electron chi connectivity index (χ2n) is 2.05. The Morgan fingerprint density at radius 2 is 1.45 bits per heavy atom. The molecule has 0 atom stereocenters. The minimum atomic E-state index is 0. The molecule has 0 unspecified atom stereocenters. The topological polar surface area (TPSA) is 25.8 Å². The SMILES string of the molecule is [B].c1cnc2ncccc2c1. The van der Waals surface area contributed by atoms with E-state index in [-0.39, 0.29) is 8.41 Å². The lowest BCUT2D eigenvalue weighted by molar-refractivity contribution is 1.29. The van der Waals surface area contributed by atoms with E-state index in [9.17, 15) is 0 Å². The average Bonchev–Trinajstić information content (AvgIpc) is 2.05. The molecule has 3 heteroatoms. The predicted octanol–water partition coefficient (Wildman–Crippen LogP) is 1.25. The third kappa shape index (κ3) is 1.37. The van der Waals surface area contributed by atoms with Crippen LogP contribution < -0.4 is 0 Å². The predicted molar refractivity (Wildman–Crippen MR) is 45.3 cm³/mol. The van der Waals surface area contributed by atoms with E-state index in [0.29, 0.717) is 0 Å². The van der Waals surface area contributed by atoms with E-state index in [4.69, 9.17) is 0 Å². The van der Waals surface area contributed by atoms with Crippen molar-refractivity contribution in [1.82, 2.24) is 9.97 Å². The van der Waals surface area contributed by atoms with Gasteiger partial charge in [0.15, 0.2) is 5.65 Å². The molecule has 0 aromatic carbocycles. The molecule has 0 bridgehead atoms. The van der Waals surface area contributed by atoms with Gasteiger partial charge in [0, 0.05) is 26.2 Å². The summed E-state index contributed by atoms with van der Waals surface area (Å²) < 4.78 is 0. The summed E-state index contributed by atoms with van der Waals surface area (Å²) in [5.41, 5.74) is 0.810. The van der Waals surface area contributed by atoms with Crippen LogP contribution in [0.5, 0.6) is 0 Å². The van der Waals surface area contributed by atoms with Gasteiger partial charge in [-0.1, -0.05) is 0 Å². The van der Waals surface area contributed by atoms with Crippen LogP contribution in [0.4, 0.5) is 0 Å². The minimum Gasteiger partial charge on any atom is -0.237 e. The standard InChI is InChI=1S/C8H6N2.B/c1-3-7-4-2-6-10-8(7)9-5-1;/h1-6H;. The Bertz CT molecular complexity index is 283. The molecule has 0 saturated carbocycles. The zero-order chi connectivity index (χ0) is 6.81. The first-order valence-electron chi connectivity index (χ1n) is 3.12. The molecule has 0 aliphatic carbocycles. The van der Waals surface area contributed by atoms with E-state index in [1.807, 2.05) is 24.3 Å². The van der Waals surface area contributed by atoms with E-state index < -0.39 is 0 Å². The van der Waals surface area contributed by atoms with Crippen molar-refractivity contribution in [1.29, 1.82) is 0 Å². The van der Waals surface area contributed by atoms with Gasteiger partial charge in [-0.15, -0.1) is 0 Å². The van der Waals surface area contributed by atoms with Gasteiger partial charge in [-0.2, -0.15) is 0 Å². The molecule has 0 amide bonds. The van der Waals surface area contributed by atoms with Crippen molar-refractivity contribution < 1.29 is 0 Å². The van der Waals surface area contributed by atoms with Crippen LogP contribution in [0.15, 0.2) is 36.7 Å². The number of hydrogen-bond donors (Lipinski definition) is 0. The van der Waals surface area contributed by atoms with E-state index in [1.54, 1.807) is 12.4 Å². The van der Waals surface area contributed by atoms with Crippen LogP contribution in [0.3, 0.4) is 0 Å². The van der Waals surface area contributed by atoms with Gasteiger partial charge in [-0.25, -0.2) is 9.97 Å². The van der Waals surface area contributed by atoms with Crippen LogP contribution in [0, 0.1) is 0 Å². The van der Waals surface area contributed by atoms with Crippen molar-refractivity contribution in [3.63, 3.8) is 0 Å². The molecule has 0 aliphatic rings. The second kappa shape index (κ2) is 3.15. The van der Waals surface area contributed by atoms with Gasteiger partial charge in [-0.05, 0) is 24.3 Å². The fourth-order valence-corrected chi connectivity index (χ4v) is 0.908. The average molecular weight is 141 g/mol. The number of nitrogens with zero attached hydrogens (tertiary/aromatic N) is 2. The smallest absolute Gasteiger partial charge is 0.159 e. The number of aromatic nitrogens is 2. The first-order chi connectivity index (χ1) is 4.97. The summed E-state index contributed by atoms with van der Waals surface area (Å²) in [6.07, 6.45) is 3.49. The van der Waals surface area contributed by atoms with Gasteiger partial charge in [0.2, 0.25) is 0 Å². The number of hydrogen-bond acceptors (Lipinski definition) is 2. The highest BCUT2D eigenvalue weighted by molar-refractivity contribution is 5.75. The Morgan fingerprint density at radius 1 is 0.909 bits per heavy atom. The lowest BCUT2D eigenvalue weighted by atomic mass is 10.3. The zero-order valence-electron chi connectivity index (χ0n) is 5.94. The maximum atomic E-state index is 4.07. The highest BCUT2D eigenvalue weighted by atomic mass is 14.8. The van der Waals surface area contributed by atoms with Crippen molar-refractivity contribution in [2.24, 2.45) is 0 Å². The number of pyridine rings is 2. The molecule has 3 radical (unpaired) electrons. The Labute approximate surface area is 66.9 Å². The lowest BCUT2D eigenvalue weighted by Crippen LogP contribution is -1.78. The van der Waals surface area contributed by atoms with E-state index >= 15 is 0 Å². The molecule has 0 saturated heterocycles. The summed E-state index contributed by atoms with van der Waals surface area (Å²) in [6, 6.07) is 7.80. The first kappa shape index (κ1) is 7.73. The van der Waals surface area contributed by atoms with Crippen LogP contribution in [0.25, 0.3) is 11.0 Å². The molecule has 11 heavy (non-hydrogen) atoms. The lowest BCUT2D eigenvalue weighted by Gasteiger charge is -1.90. The highest BCUT2D eigenvalue weighted by Gasteiger charge is 1.88. The third-order valence-electron chi connectivity index (χ3n) is 1.38. The third-order valence-corrected chi connectivity index (χ3v) is 1.38. The largest absolute Gasteiger partial charge is 0.237 e. The van der Waals surface area contributed by atoms with Crippen molar-refractivity contribution >= 4 is 19.4 Å². The Morgan fingerprint density at radius 3 is 1.91 bits per heavy atom. The summed E-state index contributed by atoms with van der Waals surface area (Å²) in [6.45, 7) is 0. The fraction of sp³-hybridized carbons (Fsp3) is 0. The van der Waals surface area contributed by atoms with Gasteiger partial charge in [0.1, 0.15) is 0 Å². The van der Waals surface area contributed by atoms with Crippen LogP contribution >= 0.6 is 0 Å². The van der Waals surface area contributed by atoms with Crippen LogP contribution in [-0.4, -0.2) is 18.4 Å². The maximum absolute atomic E-state index is 4.07. The summed E-state index contributed by atoms with van der Waals surface area (Å²) in [5, 5.41) is 1.09. The van der Waals surface area contributed by atoms with Gasteiger partial charge < -0.3 is 0 Å². The highest BCUT2D eigenvalue weighted by Crippen LogP contribution is 2.04. The van der Waals surface area contributed by atoms with Crippen molar-refractivity contribution in [3.8, 4) is 0 Å². The Hall–Kier alpha value is -1.38. The van der Waals surface area contributed by atoms with E-state index in [0.717, 1.165) is 11.0 Å².